The Labute approximate surface area is 68.9 Å². The standard InChI is InChI=1S/C8H7FN2O/c1-12-7-4-2-6(3-5-7)8(9)10-11-8/h2-5H,1H3. The topological polar surface area (TPSA) is 34.0 Å². The van der Waals surface area contributed by atoms with Gasteiger partial charge in [-0.3, -0.25) is 0 Å². The van der Waals surface area contributed by atoms with Gasteiger partial charge in [0, 0.05) is 5.56 Å². The van der Waals surface area contributed by atoms with Gasteiger partial charge in [-0.25, -0.2) is 0 Å². The molecule has 0 amide bonds. The molecular weight excluding hydrogens is 159 g/mol. The van der Waals surface area contributed by atoms with Crippen LogP contribution in [0.3, 0.4) is 0 Å². The van der Waals surface area contributed by atoms with Gasteiger partial charge >= 0.3 is 5.92 Å². The lowest BCUT2D eigenvalue weighted by molar-refractivity contribution is 0.289. The van der Waals surface area contributed by atoms with Crippen molar-refractivity contribution >= 4 is 0 Å². The smallest absolute Gasteiger partial charge is 0.354 e. The van der Waals surface area contributed by atoms with Crippen molar-refractivity contribution < 1.29 is 9.13 Å². The second-order valence-corrected chi connectivity index (χ2v) is 2.52. The molecule has 12 heavy (non-hydrogen) atoms. The molecule has 0 saturated carbocycles. The Morgan fingerprint density at radius 3 is 2.25 bits per heavy atom. The molecule has 1 aliphatic rings. The van der Waals surface area contributed by atoms with Gasteiger partial charge in [0.25, 0.3) is 0 Å². The molecule has 62 valence electrons. The quantitative estimate of drug-likeness (QED) is 0.620. The number of hydrogen-bond donors (Lipinski definition) is 0. The highest BCUT2D eigenvalue weighted by atomic mass is 19.2. The first kappa shape index (κ1) is 7.21. The summed E-state index contributed by atoms with van der Waals surface area (Å²) in [6.45, 7) is 0. The van der Waals surface area contributed by atoms with Crippen LogP contribution in [0.4, 0.5) is 4.39 Å². The third-order valence-corrected chi connectivity index (χ3v) is 1.73. The van der Waals surface area contributed by atoms with Crippen LogP contribution in [0.15, 0.2) is 34.5 Å². The highest BCUT2D eigenvalue weighted by Crippen LogP contribution is 2.41. The average Bonchev–Trinajstić information content (AvgIpc) is 2.85. The molecule has 0 atom stereocenters. The van der Waals surface area contributed by atoms with E-state index in [2.05, 4.69) is 10.2 Å². The first-order valence-corrected chi connectivity index (χ1v) is 3.52. The van der Waals surface area contributed by atoms with Gasteiger partial charge in [0.1, 0.15) is 5.75 Å². The molecule has 2 rings (SSSR count). The third-order valence-electron chi connectivity index (χ3n) is 1.73. The maximum atomic E-state index is 13.1. The van der Waals surface area contributed by atoms with Crippen LogP contribution < -0.4 is 4.74 Å². The summed E-state index contributed by atoms with van der Waals surface area (Å²) >= 11 is 0. The van der Waals surface area contributed by atoms with E-state index in [9.17, 15) is 4.39 Å². The number of nitrogens with zero attached hydrogens (tertiary/aromatic N) is 2. The Morgan fingerprint density at radius 2 is 1.83 bits per heavy atom. The van der Waals surface area contributed by atoms with Crippen LogP contribution in [-0.4, -0.2) is 7.11 Å². The number of benzene rings is 1. The van der Waals surface area contributed by atoms with Crippen LogP contribution >= 0.6 is 0 Å². The van der Waals surface area contributed by atoms with Crippen molar-refractivity contribution in [2.24, 2.45) is 10.2 Å². The predicted molar refractivity (Wildman–Crippen MR) is 40.6 cm³/mol. The number of alkyl halides is 1. The van der Waals surface area contributed by atoms with Crippen LogP contribution in [0.2, 0.25) is 0 Å². The Balaban J connectivity index is 2.25. The largest absolute Gasteiger partial charge is 0.497 e. The molecule has 0 fully saturated rings. The lowest BCUT2D eigenvalue weighted by Gasteiger charge is -2.02. The van der Waals surface area contributed by atoms with Gasteiger partial charge < -0.3 is 4.74 Å². The fourth-order valence-electron chi connectivity index (χ4n) is 0.962. The lowest BCUT2D eigenvalue weighted by atomic mass is 10.2. The Hall–Kier alpha value is -1.45. The molecule has 0 saturated heterocycles. The van der Waals surface area contributed by atoms with E-state index in [-0.39, 0.29) is 0 Å². The van der Waals surface area contributed by atoms with Gasteiger partial charge in [-0.15, -0.1) is 10.2 Å². The van der Waals surface area contributed by atoms with Crippen molar-refractivity contribution in [2.75, 3.05) is 7.11 Å². The molecule has 1 aromatic rings. The second-order valence-electron chi connectivity index (χ2n) is 2.52. The molecule has 1 heterocycles. The van der Waals surface area contributed by atoms with E-state index in [0.717, 1.165) is 0 Å². The zero-order valence-corrected chi connectivity index (χ0v) is 6.49. The molecule has 0 spiro atoms. The van der Waals surface area contributed by atoms with Gasteiger partial charge in [0.05, 0.1) is 7.11 Å². The molecule has 1 aliphatic heterocycles. The van der Waals surface area contributed by atoms with E-state index < -0.39 is 5.92 Å². The molecule has 0 N–H and O–H groups in total. The summed E-state index contributed by atoms with van der Waals surface area (Å²) in [4.78, 5) is 0. The summed E-state index contributed by atoms with van der Waals surface area (Å²) in [6.07, 6.45) is 0. The minimum absolute atomic E-state index is 0.448. The zero-order valence-electron chi connectivity index (χ0n) is 6.49. The SMILES string of the molecule is COc1ccc(C2(F)N=N2)cc1. The summed E-state index contributed by atoms with van der Waals surface area (Å²) in [5.74, 6) is -1.07. The summed E-state index contributed by atoms with van der Waals surface area (Å²) in [5, 5.41) is 6.56. The summed E-state index contributed by atoms with van der Waals surface area (Å²) in [7, 11) is 1.56. The molecule has 0 unspecified atom stereocenters. The van der Waals surface area contributed by atoms with Gasteiger partial charge in [-0.05, 0) is 24.3 Å². The molecule has 0 aliphatic carbocycles. The molecule has 0 bridgehead atoms. The first-order valence-electron chi connectivity index (χ1n) is 3.52. The minimum Gasteiger partial charge on any atom is -0.497 e. The van der Waals surface area contributed by atoms with E-state index in [1.165, 1.54) is 0 Å². The van der Waals surface area contributed by atoms with Crippen molar-refractivity contribution in [3.05, 3.63) is 29.8 Å². The highest BCUT2D eigenvalue weighted by molar-refractivity contribution is 5.31. The third kappa shape index (κ3) is 1.05. The molecule has 0 aromatic heterocycles. The minimum atomic E-state index is -1.77. The van der Waals surface area contributed by atoms with Gasteiger partial charge in [0.2, 0.25) is 0 Å². The van der Waals surface area contributed by atoms with E-state index in [4.69, 9.17) is 4.74 Å². The molecule has 4 heteroatoms. The maximum absolute atomic E-state index is 13.1. The van der Waals surface area contributed by atoms with Crippen molar-refractivity contribution in [2.45, 2.75) is 5.92 Å². The van der Waals surface area contributed by atoms with Crippen LogP contribution in [-0.2, 0) is 5.92 Å². The number of ether oxygens (including phenoxy) is 1. The predicted octanol–water partition coefficient (Wildman–Crippen LogP) is 2.24. The first-order chi connectivity index (χ1) is 5.74. The van der Waals surface area contributed by atoms with Gasteiger partial charge in [-0.2, -0.15) is 4.39 Å². The van der Waals surface area contributed by atoms with Crippen molar-refractivity contribution in [3.63, 3.8) is 0 Å². The monoisotopic (exact) mass is 166 g/mol. The van der Waals surface area contributed by atoms with Crippen LogP contribution in [0, 0.1) is 0 Å². The lowest BCUT2D eigenvalue weighted by Crippen LogP contribution is -1.98. The van der Waals surface area contributed by atoms with Crippen molar-refractivity contribution in [1.82, 2.24) is 0 Å². The summed E-state index contributed by atoms with van der Waals surface area (Å²) in [6, 6.07) is 6.58. The normalized spacial score (nSPS) is 17.5. The van der Waals surface area contributed by atoms with Crippen LogP contribution in [0.5, 0.6) is 5.75 Å². The Bertz CT molecular complexity index is 314. The van der Waals surface area contributed by atoms with Gasteiger partial charge in [0.15, 0.2) is 0 Å². The van der Waals surface area contributed by atoms with Crippen LogP contribution in [0.1, 0.15) is 5.56 Å². The molecule has 0 radical (unpaired) electrons. The number of hydrogen-bond acceptors (Lipinski definition) is 3. The fraction of sp³-hybridized carbons (Fsp3) is 0.250. The number of halogens is 1. The van der Waals surface area contributed by atoms with Crippen molar-refractivity contribution in [1.29, 1.82) is 0 Å². The number of methoxy groups -OCH3 is 1. The van der Waals surface area contributed by atoms with E-state index in [1.807, 2.05) is 0 Å². The van der Waals surface area contributed by atoms with Crippen molar-refractivity contribution in [3.8, 4) is 5.75 Å². The Morgan fingerprint density at radius 1 is 1.25 bits per heavy atom. The zero-order chi connectivity index (χ0) is 8.60. The highest BCUT2D eigenvalue weighted by Gasteiger charge is 2.42. The van der Waals surface area contributed by atoms with Crippen LogP contribution in [0.25, 0.3) is 0 Å². The maximum Gasteiger partial charge on any atom is 0.354 e. The molecular formula is C8H7FN2O. The van der Waals surface area contributed by atoms with E-state index in [0.29, 0.717) is 11.3 Å². The van der Waals surface area contributed by atoms with Gasteiger partial charge in [-0.1, -0.05) is 0 Å². The van der Waals surface area contributed by atoms with E-state index >= 15 is 0 Å². The summed E-state index contributed by atoms with van der Waals surface area (Å²) < 4.78 is 18.0. The molecule has 1 aromatic carbocycles. The fourth-order valence-corrected chi connectivity index (χ4v) is 0.962. The molecule has 3 nitrogen and oxygen atoms in total. The summed E-state index contributed by atoms with van der Waals surface area (Å²) in [5.41, 5.74) is 0.448. The van der Waals surface area contributed by atoms with E-state index in [1.54, 1.807) is 31.4 Å². The Kier molecular flexibility index (Phi) is 1.36. The average molecular weight is 166 g/mol. The number of rotatable bonds is 2. The second kappa shape index (κ2) is 2.27.